The lowest BCUT2D eigenvalue weighted by molar-refractivity contribution is 0.0748. The highest BCUT2D eigenvalue weighted by atomic mass is 16.3. The average molecular weight is 369 g/mol. The van der Waals surface area contributed by atoms with E-state index in [1.165, 1.54) is 0 Å². The van der Waals surface area contributed by atoms with Gasteiger partial charge >= 0.3 is 0 Å². The van der Waals surface area contributed by atoms with Crippen LogP contribution < -0.4 is 0 Å². The molecular weight excluding hydrogens is 350 g/mol. The molecule has 0 atom stereocenters. The molecule has 2 N–H and O–H groups in total. The molecule has 3 aromatic carbocycles. The maximum Gasteiger partial charge on any atom is 0.258 e. The molecule has 2 heterocycles. The molecule has 1 aliphatic heterocycles. The van der Waals surface area contributed by atoms with Crippen molar-refractivity contribution in [2.75, 3.05) is 0 Å². The molecule has 0 saturated heterocycles. The zero-order valence-corrected chi connectivity index (χ0v) is 15.2. The van der Waals surface area contributed by atoms with Crippen molar-refractivity contribution in [2.24, 2.45) is 0 Å². The fraction of sp³-hybridized carbons (Fsp3) is 0.130. The van der Waals surface area contributed by atoms with Gasteiger partial charge in [-0.15, -0.1) is 0 Å². The van der Waals surface area contributed by atoms with E-state index in [2.05, 4.69) is 22.3 Å². The van der Waals surface area contributed by atoms with Crippen LogP contribution in [0.2, 0.25) is 0 Å². The van der Waals surface area contributed by atoms with Gasteiger partial charge in [-0.1, -0.05) is 54.6 Å². The molecular formula is C23H19N3O2. The van der Waals surface area contributed by atoms with E-state index >= 15 is 0 Å². The molecule has 0 radical (unpaired) electrons. The maximum absolute atomic E-state index is 13.1. The third-order valence-corrected chi connectivity index (χ3v) is 5.33. The summed E-state index contributed by atoms with van der Waals surface area (Å²) in [5.41, 5.74) is 5.36. The number of H-pyrrole nitrogens is 1. The van der Waals surface area contributed by atoms with E-state index in [-0.39, 0.29) is 11.7 Å². The summed E-state index contributed by atoms with van der Waals surface area (Å²) in [6.07, 6.45) is 0.661. The molecule has 1 amide bonds. The quantitative estimate of drug-likeness (QED) is 0.573. The molecule has 5 rings (SSSR count). The molecule has 1 aliphatic rings. The standard InChI is InChI=1S/C23H19N3O2/c27-22-12-21-18(20(24-25-21)10-15-6-2-1-3-7-15)11-19(22)23(28)26-13-16-8-4-5-9-17(16)14-26/h1-9,11-12,27H,10,13-14H2,(H,24,25). The second-order valence-corrected chi connectivity index (χ2v) is 7.18. The summed E-state index contributed by atoms with van der Waals surface area (Å²) < 4.78 is 0. The van der Waals surface area contributed by atoms with E-state index < -0.39 is 0 Å². The lowest BCUT2D eigenvalue weighted by Crippen LogP contribution is -2.25. The highest BCUT2D eigenvalue weighted by molar-refractivity contribution is 6.01. The normalized spacial score (nSPS) is 13.1. The van der Waals surface area contributed by atoms with Crippen LogP contribution in [0.3, 0.4) is 0 Å². The van der Waals surface area contributed by atoms with Crippen molar-refractivity contribution in [3.05, 3.63) is 94.7 Å². The van der Waals surface area contributed by atoms with Gasteiger partial charge in [-0.05, 0) is 22.8 Å². The largest absolute Gasteiger partial charge is 0.507 e. The Hall–Kier alpha value is -3.60. The molecule has 4 aromatic rings. The second kappa shape index (κ2) is 6.53. The predicted octanol–water partition coefficient (Wildman–Crippen LogP) is 4.02. The van der Waals surface area contributed by atoms with Crippen molar-refractivity contribution in [3.63, 3.8) is 0 Å². The van der Waals surface area contributed by atoms with Gasteiger partial charge in [0.15, 0.2) is 0 Å². The first-order valence-electron chi connectivity index (χ1n) is 9.29. The SMILES string of the molecule is O=C(c1cc2c(Cc3ccccc3)n[nH]c2cc1O)N1Cc2ccccc2C1. The van der Waals surface area contributed by atoms with Crippen LogP contribution in [0.25, 0.3) is 10.9 Å². The fourth-order valence-electron chi connectivity index (χ4n) is 3.85. The lowest BCUT2D eigenvalue weighted by atomic mass is 10.0. The Bertz CT molecular complexity index is 1160. The number of rotatable bonds is 3. The van der Waals surface area contributed by atoms with Crippen LogP contribution in [-0.4, -0.2) is 26.1 Å². The van der Waals surface area contributed by atoms with E-state index in [4.69, 9.17) is 0 Å². The molecule has 0 spiro atoms. The van der Waals surface area contributed by atoms with E-state index in [9.17, 15) is 9.90 Å². The smallest absolute Gasteiger partial charge is 0.258 e. The van der Waals surface area contributed by atoms with Crippen LogP contribution in [0, 0.1) is 0 Å². The minimum absolute atomic E-state index is 0.0247. The van der Waals surface area contributed by atoms with Crippen molar-refractivity contribution < 1.29 is 9.90 Å². The molecule has 0 aliphatic carbocycles. The molecule has 1 aromatic heterocycles. The Balaban J connectivity index is 1.49. The number of hydrogen-bond acceptors (Lipinski definition) is 3. The van der Waals surface area contributed by atoms with Crippen molar-refractivity contribution in [1.82, 2.24) is 15.1 Å². The summed E-state index contributed by atoms with van der Waals surface area (Å²) in [6, 6.07) is 21.5. The van der Waals surface area contributed by atoms with Gasteiger partial charge in [-0.25, -0.2) is 0 Å². The summed E-state index contributed by atoms with van der Waals surface area (Å²) in [4.78, 5) is 14.9. The predicted molar refractivity (Wildman–Crippen MR) is 107 cm³/mol. The number of phenols is 1. The molecule has 0 bridgehead atoms. The number of hydrogen-bond donors (Lipinski definition) is 2. The highest BCUT2D eigenvalue weighted by Gasteiger charge is 2.26. The number of aromatic nitrogens is 2. The number of benzene rings is 3. The number of aromatic hydroxyl groups is 1. The van der Waals surface area contributed by atoms with Gasteiger partial charge in [0.05, 0.1) is 16.8 Å². The van der Waals surface area contributed by atoms with Gasteiger partial charge in [0.25, 0.3) is 5.91 Å². The van der Waals surface area contributed by atoms with Crippen molar-refractivity contribution in [3.8, 4) is 5.75 Å². The van der Waals surface area contributed by atoms with Gasteiger partial charge in [0, 0.05) is 31.0 Å². The van der Waals surface area contributed by atoms with Crippen LogP contribution in [0.15, 0.2) is 66.7 Å². The third kappa shape index (κ3) is 2.81. The van der Waals surface area contributed by atoms with Gasteiger partial charge in [0.2, 0.25) is 0 Å². The number of fused-ring (bicyclic) bond motifs is 2. The van der Waals surface area contributed by atoms with Gasteiger partial charge in [-0.2, -0.15) is 5.10 Å². The van der Waals surface area contributed by atoms with Crippen LogP contribution in [-0.2, 0) is 19.5 Å². The Morgan fingerprint density at radius 3 is 2.39 bits per heavy atom. The Morgan fingerprint density at radius 1 is 1.00 bits per heavy atom. The van der Waals surface area contributed by atoms with Gasteiger partial charge < -0.3 is 10.0 Å². The summed E-state index contributed by atoms with van der Waals surface area (Å²) in [7, 11) is 0. The minimum Gasteiger partial charge on any atom is -0.507 e. The molecule has 0 fully saturated rings. The van der Waals surface area contributed by atoms with E-state index in [0.717, 1.165) is 33.3 Å². The summed E-state index contributed by atoms with van der Waals surface area (Å²) in [6.45, 7) is 1.13. The topological polar surface area (TPSA) is 69.2 Å². The number of aromatic amines is 1. The van der Waals surface area contributed by atoms with E-state index in [1.807, 2.05) is 42.5 Å². The second-order valence-electron chi connectivity index (χ2n) is 7.18. The Morgan fingerprint density at radius 2 is 1.68 bits per heavy atom. The molecule has 0 saturated carbocycles. The summed E-state index contributed by atoms with van der Waals surface area (Å²) in [5, 5.41) is 18.7. The van der Waals surface area contributed by atoms with Crippen LogP contribution in [0.4, 0.5) is 0 Å². The zero-order chi connectivity index (χ0) is 19.1. The zero-order valence-electron chi connectivity index (χ0n) is 15.2. The molecule has 28 heavy (non-hydrogen) atoms. The van der Waals surface area contributed by atoms with Crippen molar-refractivity contribution in [2.45, 2.75) is 19.5 Å². The Labute approximate surface area is 162 Å². The summed E-state index contributed by atoms with van der Waals surface area (Å²) in [5.74, 6) is -0.189. The maximum atomic E-state index is 13.1. The first kappa shape index (κ1) is 16.6. The van der Waals surface area contributed by atoms with Crippen LogP contribution >= 0.6 is 0 Å². The van der Waals surface area contributed by atoms with Crippen LogP contribution in [0.1, 0.15) is 32.7 Å². The Kier molecular flexibility index (Phi) is 3.86. The first-order valence-corrected chi connectivity index (χ1v) is 9.29. The van der Waals surface area contributed by atoms with Crippen LogP contribution in [0.5, 0.6) is 5.75 Å². The number of carbonyl (C=O) groups is 1. The fourth-order valence-corrected chi connectivity index (χ4v) is 3.85. The van der Waals surface area contributed by atoms with Gasteiger partial charge in [-0.3, -0.25) is 9.89 Å². The molecule has 5 nitrogen and oxygen atoms in total. The molecule has 0 unspecified atom stereocenters. The number of nitrogens with zero attached hydrogens (tertiary/aromatic N) is 2. The van der Waals surface area contributed by atoms with Crippen molar-refractivity contribution in [1.29, 1.82) is 0 Å². The highest BCUT2D eigenvalue weighted by Crippen LogP contribution is 2.31. The van der Waals surface area contributed by atoms with E-state index in [1.54, 1.807) is 17.0 Å². The molecule has 5 heteroatoms. The number of nitrogens with one attached hydrogen (secondary N) is 1. The number of amides is 1. The number of carbonyl (C=O) groups excluding carboxylic acids is 1. The third-order valence-electron chi connectivity index (χ3n) is 5.33. The van der Waals surface area contributed by atoms with Gasteiger partial charge in [0.1, 0.15) is 5.75 Å². The average Bonchev–Trinajstić information content (AvgIpc) is 3.32. The van der Waals surface area contributed by atoms with Crippen molar-refractivity contribution >= 4 is 16.8 Å². The lowest BCUT2D eigenvalue weighted by Gasteiger charge is -2.16. The summed E-state index contributed by atoms with van der Waals surface area (Å²) >= 11 is 0. The van der Waals surface area contributed by atoms with E-state index in [0.29, 0.717) is 25.1 Å². The minimum atomic E-state index is -0.164. The first-order chi connectivity index (χ1) is 13.7. The molecule has 138 valence electrons. The monoisotopic (exact) mass is 369 g/mol. The number of phenolic OH excluding ortho intramolecular Hbond substituents is 1.